The molecule has 0 aliphatic heterocycles. The second kappa shape index (κ2) is 7.59. The number of rotatable bonds is 6. The van der Waals surface area contributed by atoms with E-state index in [2.05, 4.69) is 24.5 Å². The zero-order valence-corrected chi connectivity index (χ0v) is 12.9. The molecular formula is C18H21FN2O. The monoisotopic (exact) mass is 300 g/mol. The molecular weight excluding hydrogens is 279 g/mol. The molecule has 0 aromatic heterocycles. The van der Waals surface area contributed by atoms with Crippen LogP contribution in [0.3, 0.4) is 0 Å². The first-order chi connectivity index (χ1) is 10.6. The highest BCUT2D eigenvalue weighted by molar-refractivity contribution is 5.94. The number of hydrogen-bond donors (Lipinski definition) is 2. The lowest BCUT2D eigenvalue weighted by Crippen LogP contribution is -2.22. The van der Waals surface area contributed by atoms with Crippen molar-refractivity contribution in [3.05, 3.63) is 59.9 Å². The quantitative estimate of drug-likeness (QED) is 0.830. The molecule has 2 rings (SSSR count). The molecule has 116 valence electrons. The summed E-state index contributed by atoms with van der Waals surface area (Å²) < 4.78 is 12.8. The van der Waals surface area contributed by atoms with Crippen molar-refractivity contribution < 1.29 is 9.18 Å². The predicted molar refractivity (Wildman–Crippen MR) is 88.7 cm³/mol. The van der Waals surface area contributed by atoms with E-state index in [1.54, 1.807) is 12.1 Å². The zero-order chi connectivity index (χ0) is 15.9. The van der Waals surface area contributed by atoms with E-state index in [0.29, 0.717) is 11.6 Å². The fourth-order valence-corrected chi connectivity index (χ4v) is 2.20. The van der Waals surface area contributed by atoms with Gasteiger partial charge in [-0.05, 0) is 48.2 Å². The maximum Gasteiger partial charge on any atom is 0.243 e. The van der Waals surface area contributed by atoms with Crippen molar-refractivity contribution in [2.24, 2.45) is 0 Å². The maximum absolute atomic E-state index is 12.8. The van der Waals surface area contributed by atoms with Crippen molar-refractivity contribution in [2.45, 2.75) is 26.2 Å². The zero-order valence-electron chi connectivity index (χ0n) is 12.9. The SMILES string of the molecule is CC[C@@H](C)c1ccccc1NC(=O)CNc1ccc(F)cc1. The Hall–Kier alpha value is -2.36. The van der Waals surface area contributed by atoms with Gasteiger partial charge in [0.05, 0.1) is 6.54 Å². The lowest BCUT2D eigenvalue weighted by molar-refractivity contribution is -0.114. The van der Waals surface area contributed by atoms with E-state index in [-0.39, 0.29) is 18.3 Å². The van der Waals surface area contributed by atoms with Gasteiger partial charge in [0.2, 0.25) is 5.91 Å². The van der Waals surface area contributed by atoms with Crippen LogP contribution in [0, 0.1) is 5.82 Å². The highest BCUT2D eigenvalue weighted by atomic mass is 19.1. The lowest BCUT2D eigenvalue weighted by atomic mass is 9.97. The largest absolute Gasteiger partial charge is 0.376 e. The molecule has 0 spiro atoms. The van der Waals surface area contributed by atoms with Crippen LogP contribution in [0.15, 0.2) is 48.5 Å². The first-order valence-electron chi connectivity index (χ1n) is 7.48. The van der Waals surface area contributed by atoms with Gasteiger partial charge in [-0.3, -0.25) is 4.79 Å². The van der Waals surface area contributed by atoms with Crippen LogP contribution in [0.1, 0.15) is 31.7 Å². The number of hydrogen-bond acceptors (Lipinski definition) is 2. The Kier molecular flexibility index (Phi) is 5.53. The van der Waals surface area contributed by atoms with Crippen LogP contribution in [-0.4, -0.2) is 12.5 Å². The van der Waals surface area contributed by atoms with Crippen LogP contribution in [-0.2, 0) is 4.79 Å². The fraction of sp³-hybridized carbons (Fsp3) is 0.278. The summed E-state index contributed by atoms with van der Waals surface area (Å²) in [6, 6.07) is 13.8. The highest BCUT2D eigenvalue weighted by Crippen LogP contribution is 2.26. The number of amides is 1. The predicted octanol–water partition coefficient (Wildman–Crippen LogP) is 4.39. The minimum Gasteiger partial charge on any atom is -0.376 e. The van der Waals surface area contributed by atoms with E-state index in [1.807, 2.05) is 24.3 Å². The third-order valence-electron chi connectivity index (χ3n) is 3.68. The molecule has 2 aromatic rings. The van der Waals surface area contributed by atoms with E-state index >= 15 is 0 Å². The molecule has 0 bridgehead atoms. The Morgan fingerprint density at radius 2 is 1.82 bits per heavy atom. The van der Waals surface area contributed by atoms with E-state index < -0.39 is 0 Å². The van der Waals surface area contributed by atoms with Crippen LogP contribution in [0.4, 0.5) is 15.8 Å². The molecule has 0 heterocycles. The number of carbonyl (C=O) groups is 1. The van der Waals surface area contributed by atoms with Gasteiger partial charge in [0.1, 0.15) is 5.82 Å². The Morgan fingerprint density at radius 3 is 2.50 bits per heavy atom. The van der Waals surface area contributed by atoms with Gasteiger partial charge in [-0.15, -0.1) is 0 Å². The molecule has 0 saturated heterocycles. The van der Waals surface area contributed by atoms with E-state index in [0.717, 1.165) is 17.7 Å². The molecule has 0 radical (unpaired) electrons. The smallest absolute Gasteiger partial charge is 0.243 e. The van der Waals surface area contributed by atoms with E-state index in [4.69, 9.17) is 0 Å². The molecule has 2 aromatic carbocycles. The molecule has 0 aliphatic carbocycles. The highest BCUT2D eigenvalue weighted by Gasteiger charge is 2.10. The van der Waals surface area contributed by atoms with Crippen molar-refractivity contribution >= 4 is 17.3 Å². The van der Waals surface area contributed by atoms with Crippen LogP contribution >= 0.6 is 0 Å². The molecule has 0 saturated carbocycles. The number of para-hydroxylation sites is 1. The van der Waals surface area contributed by atoms with Gasteiger partial charge in [0.25, 0.3) is 0 Å². The van der Waals surface area contributed by atoms with Gasteiger partial charge in [-0.2, -0.15) is 0 Å². The van der Waals surface area contributed by atoms with Crippen molar-refractivity contribution in [1.29, 1.82) is 0 Å². The molecule has 2 N–H and O–H groups in total. The number of benzene rings is 2. The third kappa shape index (κ3) is 4.32. The maximum atomic E-state index is 12.8. The van der Waals surface area contributed by atoms with Crippen LogP contribution in [0.25, 0.3) is 0 Å². The Morgan fingerprint density at radius 1 is 1.14 bits per heavy atom. The molecule has 1 atom stereocenters. The number of halogens is 1. The molecule has 0 aliphatic rings. The molecule has 0 unspecified atom stereocenters. The van der Waals surface area contributed by atoms with Crippen molar-refractivity contribution in [1.82, 2.24) is 0 Å². The fourth-order valence-electron chi connectivity index (χ4n) is 2.20. The second-order valence-corrected chi connectivity index (χ2v) is 5.31. The van der Waals surface area contributed by atoms with E-state index in [1.165, 1.54) is 12.1 Å². The minimum atomic E-state index is -0.294. The molecule has 0 fully saturated rings. The number of anilines is 2. The first kappa shape index (κ1) is 16.0. The summed E-state index contributed by atoms with van der Waals surface area (Å²) in [6.07, 6.45) is 1.01. The molecule has 1 amide bonds. The van der Waals surface area contributed by atoms with Gasteiger partial charge < -0.3 is 10.6 Å². The summed E-state index contributed by atoms with van der Waals surface area (Å²) in [5.41, 5.74) is 2.70. The van der Waals surface area contributed by atoms with E-state index in [9.17, 15) is 9.18 Å². The van der Waals surface area contributed by atoms with Crippen molar-refractivity contribution in [3.63, 3.8) is 0 Å². The van der Waals surface area contributed by atoms with Gasteiger partial charge >= 0.3 is 0 Å². The standard InChI is InChI=1S/C18H21FN2O/c1-3-13(2)16-6-4-5-7-17(16)21-18(22)12-20-15-10-8-14(19)9-11-15/h4-11,13,20H,3,12H2,1-2H3,(H,21,22)/t13-/m1/s1. The molecule has 22 heavy (non-hydrogen) atoms. The normalized spacial score (nSPS) is 11.8. The van der Waals surface area contributed by atoms with Gasteiger partial charge in [-0.1, -0.05) is 32.0 Å². The summed E-state index contributed by atoms with van der Waals surface area (Å²) in [4.78, 5) is 12.1. The van der Waals surface area contributed by atoms with Crippen LogP contribution < -0.4 is 10.6 Å². The van der Waals surface area contributed by atoms with Crippen molar-refractivity contribution in [2.75, 3.05) is 17.2 Å². The Labute approximate surface area is 130 Å². The number of carbonyl (C=O) groups excluding carboxylic acids is 1. The lowest BCUT2D eigenvalue weighted by Gasteiger charge is -2.16. The summed E-state index contributed by atoms with van der Waals surface area (Å²) in [6.45, 7) is 4.40. The molecule has 3 nitrogen and oxygen atoms in total. The minimum absolute atomic E-state index is 0.125. The summed E-state index contributed by atoms with van der Waals surface area (Å²) in [5, 5.41) is 5.91. The summed E-state index contributed by atoms with van der Waals surface area (Å²) >= 11 is 0. The summed E-state index contributed by atoms with van der Waals surface area (Å²) in [5.74, 6) is -0.0286. The Bertz CT molecular complexity index is 625. The summed E-state index contributed by atoms with van der Waals surface area (Å²) in [7, 11) is 0. The average molecular weight is 300 g/mol. The van der Waals surface area contributed by atoms with Crippen LogP contribution in [0.2, 0.25) is 0 Å². The first-order valence-corrected chi connectivity index (χ1v) is 7.48. The third-order valence-corrected chi connectivity index (χ3v) is 3.68. The van der Waals surface area contributed by atoms with Crippen LogP contribution in [0.5, 0.6) is 0 Å². The second-order valence-electron chi connectivity index (χ2n) is 5.31. The topological polar surface area (TPSA) is 41.1 Å². The average Bonchev–Trinajstić information content (AvgIpc) is 2.54. The molecule has 4 heteroatoms. The van der Waals surface area contributed by atoms with Gasteiger partial charge in [0.15, 0.2) is 0 Å². The Balaban J connectivity index is 1.96. The van der Waals surface area contributed by atoms with Gasteiger partial charge in [0, 0.05) is 11.4 Å². The number of nitrogens with one attached hydrogen (secondary N) is 2. The van der Waals surface area contributed by atoms with Gasteiger partial charge in [-0.25, -0.2) is 4.39 Å². The van der Waals surface area contributed by atoms with Crippen molar-refractivity contribution in [3.8, 4) is 0 Å².